The fraction of sp³-hybridized carbons (Fsp3) is 1.00. The third-order valence-corrected chi connectivity index (χ3v) is 2.30. The van der Waals surface area contributed by atoms with Crippen LogP contribution in [0.1, 0.15) is 6.92 Å². The molecule has 1 unspecified atom stereocenters. The summed E-state index contributed by atoms with van der Waals surface area (Å²) in [5.74, 6) is 0. The van der Waals surface area contributed by atoms with E-state index < -0.39 is 37.3 Å². The number of nitrogens with one attached hydrogen (secondary N) is 1. The van der Waals surface area contributed by atoms with E-state index in [0.29, 0.717) is 6.54 Å². The molecule has 84 valence electrons. The number of hydrogen-bond acceptors (Lipinski definition) is 6. The quantitative estimate of drug-likeness (QED) is 0.348. The van der Waals surface area contributed by atoms with E-state index >= 15 is 0 Å². The Hall–Kier alpha value is -0.240. The molecule has 0 bridgehead atoms. The van der Waals surface area contributed by atoms with Gasteiger partial charge >= 0.3 is 0 Å². The molecule has 14 heavy (non-hydrogen) atoms. The maximum absolute atomic E-state index is 9.47. The zero-order chi connectivity index (χ0) is 10.7. The molecule has 5 atom stereocenters. The fourth-order valence-corrected chi connectivity index (χ4v) is 1.47. The van der Waals surface area contributed by atoms with Crippen molar-refractivity contribution in [1.82, 2.24) is 5.32 Å². The number of aliphatic hydroxyl groups excluding tert-OH is 4. The maximum atomic E-state index is 9.47. The first-order valence-electron chi connectivity index (χ1n) is 4.65. The third-order valence-electron chi connectivity index (χ3n) is 2.30. The monoisotopic (exact) mass is 207 g/mol. The molecule has 0 radical (unpaired) electrons. The van der Waals surface area contributed by atoms with Gasteiger partial charge < -0.3 is 25.2 Å². The SMILES string of the molecule is CCNC1O[C@H](CO)[C@H](O)[C@H](O)[C@H]1O. The van der Waals surface area contributed by atoms with Crippen molar-refractivity contribution in [3.63, 3.8) is 0 Å². The van der Waals surface area contributed by atoms with Gasteiger partial charge in [0.25, 0.3) is 0 Å². The minimum atomic E-state index is -1.30. The van der Waals surface area contributed by atoms with Gasteiger partial charge in [-0.1, -0.05) is 6.92 Å². The van der Waals surface area contributed by atoms with Crippen LogP contribution in [0.4, 0.5) is 0 Å². The molecule has 0 aromatic carbocycles. The lowest BCUT2D eigenvalue weighted by Crippen LogP contribution is -2.62. The van der Waals surface area contributed by atoms with Crippen LogP contribution in [0.5, 0.6) is 0 Å². The smallest absolute Gasteiger partial charge is 0.137 e. The van der Waals surface area contributed by atoms with Crippen LogP contribution in [-0.2, 0) is 4.74 Å². The predicted octanol–water partition coefficient (Wildman–Crippen LogP) is -2.60. The van der Waals surface area contributed by atoms with Crippen LogP contribution >= 0.6 is 0 Å². The Morgan fingerprint density at radius 1 is 1.14 bits per heavy atom. The van der Waals surface area contributed by atoms with Crippen LogP contribution in [0.2, 0.25) is 0 Å². The molecule has 1 heterocycles. The molecule has 0 aliphatic carbocycles. The van der Waals surface area contributed by atoms with Crippen molar-refractivity contribution in [3.05, 3.63) is 0 Å². The Kier molecular flexibility index (Phi) is 4.24. The van der Waals surface area contributed by atoms with Gasteiger partial charge in [0.2, 0.25) is 0 Å². The van der Waals surface area contributed by atoms with Crippen molar-refractivity contribution in [2.75, 3.05) is 13.2 Å². The van der Waals surface area contributed by atoms with Crippen molar-refractivity contribution in [2.45, 2.75) is 37.6 Å². The van der Waals surface area contributed by atoms with Gasteiger partial charge in [-0.15, -0.1) is 0 Å². The van der Waals surface area contributed by atoms with E-state index in [-0.39, 0.29) is 0 Å². The highest BCUT2D eigenvalue weighted by molar-refractivity contribution is 4.90. The van der Waals surface area contributed by atoms with Gasteiger partial charge in [0.15, 0.2) is 0 Å². The number of aliphatic hydroxyl groups is 4. The predicted molar refractivity (Wildman–Crippen MR) is 47.4 cm³/mol. The molecule has 0 amide bonds. The summed E-state index contributed by atoms with van der Waals surface area (Å²) in [4.78, 5) is 0. The lowest BCUT2D eigenvalue weighted by atomic mass is 9.98. The molecule has 0 aromatic rings. The highest BCUT2D eigenvalue weighted by atomic mass is 16.6. The first kappa shape index (κ1) is 11.8. The van der Waals surface area contributed by atoms with Crippen molar-refractivity contribution in [2.24, 2.45) is 0 Å². The number of ether oxygens (including phenoxy) is 1. The average Bonchev–Trinajstić information content (AvgIpc) is 2.19. The van der Waals surface area contributed by atoms with Crippen molar-refractivity contribution >= 4 is 0 Å². The largest absolute Gasteiger partial charge is 0.394 e. The topological polar surface area (TPSA) is 102 Å². The minimum absolute atomic E-state index is 0.396. The van der Waals surface area contributed by atoms with E-state index in [2.05, 4.69) is 5.32 Å². The minimum Gasteiger partial charge on any atom is -0.394 e. The highest BCUT2D eigenvalue weighted by Gasteiger charge is 2.42. The molecule has 1 aliphatic heterocycles. The van der Waals surface area contributed by atoms with E-state index in [9.17, 15) is 15.3 Å². The van der Waals surface area contributed by atoms with Crippen LogP contribution < -0.4 is 5.32 Å². The molecule has 6 heteroatoms. The second kappa shape index (κ2) is 5.01. The third kappa shape index (κ3) is 2.22. The Labute approximate surface area is 82.1 Å². The highest BCUT2D eigenvalue weighted by Crippen LogP contribution is 2.19. The summed E-state index contributed by atoms with van der Waals surface area (Å²) >= 11 is 0. The van der Waals surface area contributed by atoms with Gasteiger partial charge in [-0.05, 0) is 6.54 Å². The molecule has 0 saturated carbocycles. The van der Waals surface area contributed by atoms with E-state index in [1.54, 1.807) is 0 Å². The molecule has 5 N–H and O–H groups in total. The molecular formula is C8H17NO5. The summed E-state index contributed by atoms with van der Waals surface area (Å²) in [6.07, 6.45) is -5.37. The van der Waals surface area contributed by atoms with Gasteiger partial charge in [0.1, 0.15) is 30.6 Å². The average molecular weight is 207 g/mol. The number of rotatable bonds is 3. The van der Waals surface area contributed by atoms with Crippen molar-refractivity contribution in [3.8, 4) is 0 Å². The molecule has 1 aliphatic rings. The normalized spacial score (nSPS) is 43.9. The van der Waals surface area contributed by atoms with Crippen molar-refractivity contribution in [1.29, 1.82) is 0 Å². The summed E-state index contributed by atoms with van der Waals surface area (Å²) in [7, 11) is 0. The summed E-state index contributed by atoms with van der Waals surface area (Å²) in [5, 5.41) is 39.9. The van der Waals surface area contributed by atoms with Gasteiger partial charge in [0.05, 0.1) is 6.61 Å². The Morgan fingerprint density at radius 2 is 1.79 bits per heavy atom. The van der Waals surface area contributed by atoms with Gasteiger partial charge in [0, 0.05) is 0 Å². The Bertz CT molecular complexity index is 175. The molecule has 1 rings (SSSR count). The zero-order valence-corrected chi connectivity index (χ0v) is 8.00. The summed E-state index contributed by atoms with van der Waals surface area (Å²) in [5.41, 5.74) is 0. The second-order valence-electron chi connectivity index (χ2n) is 3.31. The molecule has 1 saturated heterocycles. The molecule has 1 fully saturated rings. The standard InChI is InChI=1S/C8H17NO5/c1-2-9-8-7(13)6(12)5(11)4(3-10)14-8/h4-13H,2-3H2,1H3/t4-,5+,6+,7-,8?/m1/s1. The van der Waals surface area contributed by atoms with Crippen LogP contribution in [-0.4, -0.2) is 64.2 Å². The van der Waals surface area contributed by atoms with E-state index in [1.165, 1.54) is 0 Å². The maximum Gasteiger partial charge on any atom is 0.137 e. The van der Waals surface area contributed by atoms with E-state index in [1.807, 2.05) is 6.92 Å². The molecular weight excluding hydrogens is 190 g/mol. The van der Waals surface area contributed by atoms with E-state index in [4.69, 9.17) is 9.84 Å². The molecule has 0 aromatic heterocycles. The number of likely N-dealkylation sites (N-methyl/N-ethyl adjacent to an activating group) is 1. The second-order valence-corrected chi connectivity index (χ2v) is 3.31. The summed E-state index contributed by atoms with van der Waals surface area (Å²) in [6.45, 7) is 1.98. The van der Waals surface area contributed by atoms with Crippen LogP contribution in [0.25, 0.3) is 0 Å². The molecule has 0 spiro atoms. The van der Waals surface area contributed by atoms with E-state index in [0.717, 1.165) is 0 Å². The van der Waals surface area contributed by atoms with Gasteiger partial charge in [-0.2, -0.15) is 0 Å². The lowest BCUT2D eigenvalue weighted by Gasteiger charge is -2.40. The first-order chi connectivity index (χ1) is 6.61. The Balaban J connectivity index is 2.63. The van der Waals surface area contributed by atoms with Crippen molar-refractivity contribution < 1.29 is 25.2 Å². The zero-order valence-electron chi connectivity index (χ0n) is 8.00. The lowest BCUT2D eigenvalue weighted by molar-refractivity contribution is -0.236. The Morgan fingerprint density at radius 3 is 2.29 bits per heavy atom. The first-order valence-corrected chi connectivity index (χ1v) is 4.65. The van der Waals surface area contributed by atoms with Crippen LogP contribution in [0, 0.1) is 0 Å². The molecule has 6 nitrogen and oxygen atoms in total. The number of hydrogen-bond donors (Lipinski definition) is 5. The fourth-order valence-electron chi connectivity index (χ4n) is 1.47. The summed E-state index contributed by atoms with van der Waals surface area (Å²) in [6, 6.07) is 0. The summed E-state index contributed by atoms with van der Waals surface area (Å²) < 4.78 is 5.15. The van der Waals surface area contributed by atoms with Gasteiger partial charge in [-0.25, -0.2) is 0 Å². The van der Waals surface area contributed by atoms with Crippen LogP contribution in [0.15, 0.2) is 0 Å². The van der Waals surface area contributed by atoms with Gasteiger partial charge in [-0.3, -0.25) is 5.32 Å². The van der Waals surface area contributed by atoms with Crippen LogP contribution in [0.3, 0.4) is 0 Å².